The summed E-state index contributed by atoms with van der Waals surface area (Å²) in [6.45, 7) is 6.01. The van der Waals surface area contributed by atoms with E-state index in [9.17, 15) is 9.59 Å². The third kappa shape index (κ3) is 4.40. The lowest BCUT2D eigenvalue weighted by atomic mass is 9.93. The fourth-order valence-corrected chi connectivity index (χ4v) is 4.32. The number of carbonyl (C=O) groups excluding carboxylic acids is 2. The lowest BCUT2D eigenvalue weighted by molar-refractivity contribution is -0.129. The maximum Gasteiger partial charge on any atom is 0.226 e. The van der Waals surface area contributed by atoms with Gasteiger partial charge in [0, 0.05) is 37.6 Å². The molecule has 156 valence electrons. The van der Waals surface area contributed by atoms with Crippen molar-refractivity contribution in [1.29, 1.82) is 0 Å². The van der Waals surface area contributed by atoms with Crippen LogP contribution in [0.25, 0.3) is 6.08 Å². The average Bonchev–Trinajstić information content (AvgIpc) is 2.75. The van der Waals surface area contributed by atoms with E-state index in [1.807, 2.05) is 42.5 Å². The van der Waals surface area contributed by atoms with Gasteiger partial charge in [-0.1, -0.05) is 31.2 Å². The first-order chi connectivity index (χ1) is 14.5. The molecule has 1 saturated heterocycles. The number of nitrogens with zero attached hydrogens (tertiary/aromatic N) is 2. The standard InChI is InChI=1S/C25H29N3O2/c1-18-11-14-27(15-12-18)22-9-7-21(8-10-22)26-25(30)17-24-23-6-4-3-5-20(23)13-16-28(24)19(2)29/h3-10,13,16,18,24H,11-12,14-15,17H2,1-2H3,(H,26,30). The van der Waals surface area contributed by atoms with Crippen LogP contribution in [0.5, 0.6) is 0 Å². The molecule has 0 spiro atoms. The average molecular weight is 404 g/mol. The van der Waals surface area contributed by atoms with Gasteiger partial charge in [0.25, 0.3) is 0 Å². The molecular formula is C25H29N3O2. The first-order valence-electron chi connectivity index (χ1n) is 10.7. The summed E-state index contributed by atoms with van der Waals surface area (Å²) in [5.74, 6) is 0.629. The molecule has 0 bridgehead atoms. The summed E-state index contributed by atoms with van der Waals surface area (Å²) in [7, 11) is 0. The van der Waals surface area contributed by atoms with E-state index in [2.05, 4.69) is 29.3 Å². The van der Waals surface area contributed by atoms with Crippen LogP contribution in [0.4, 0.5) is 11.4 Å². The van der Waals surface area contributed by atoms with Gasteiger partial charge in [-0.3, -0.25) is 9.59 Å². The van der Waals surface area contributed by atoms with Crippen LogP contribution in [0.1, 0.15) is 50.3 Å². The summed E-state index contributed by atoms with van der Waals surface area (Å²) in [6.07, 6.45) is 6.36. The molecule has 1 fully saturated rings. The van der Waals surface area contributed by atoms with E-state index in [0.29, 0.717) is 0 Å². The van der Waals surface area contributed by atoms with Gasteiger partial charge >= 0.3 is 0 Å². The first-order valence-corrected chi connectivity index (χ1v) is 10.7. The van der Waals surface area contributed by atoms with Crippen molar-refractivity contribution in [1.82, 2.24) is 4.90 Å². The minimum Gasteiger partial charge on any atom is -0.372 e. The number of fused-ring (bicyclic) bond motifs is 1. The predicted octanol–water partition coefficient (Wildman–Crippen LogP) is 4.83. The monoisotopic (exact) mass is 403 g/mol. The Morgan fingerprint density at radius 1 is 1.03 bits per heavy atom. The Labute approximate surface area is 178 Å². The lowest BCUT2D eigenvalue weighted by Crippen LogP contribution is -2.33. The molecule has 0 aromatic heterocycles. The van der Waals surface area contributed by atoms with E-state index in [1.165, 1.54) is 25.5 Å². The van der Waals surface area contributed by atoms with Gasteiger partial charge in [-0.25, -0.2) is 0 Å². The summed E-state index contributed by atoms with van der Waals surface area (Å²) in [6, 6.07) is 15.7. The molecule has 2 aliphatic heterocycles. The number of anilines is 2. The molecular weight excluding hydrogens is 374 g/mol. The highest BCUT2D eigenvalue weighted by Gasteiger charge is 2.28. The smallest absolute Gasteiger partial charge is 0.226 e. The number of benzene rings is 2. The zero-order valence-corrected chi connectivity index (χ0v) is 17.7. The maximum absolute atomic E-state index is 12.8. The van der Waals surface area contributed by atoms with Gasteiger partial charge in [-0.15, -0.1) is 0 Å². The van der Waals surface area contributed by atoms with Crippen LogP contribution in [0.2, 0.25) is 0 Å². The van der Waals surface area contributed by atoms with E-state index < -0.39 is 0 Å². The fourth-order valence-electron chi connectivity index (χ4n) is 4.32. The Kier molecular flexibility index (Phi) is 5.88. The van der Waals surface area contributed by atoms with Crippen molar-refractivity contribution in [2.45, 2.75) is 39.2 Å². The van der Waals surface area contributed by atoms with Crippen LogP contribution < -0.4 is 10.2 Å². The minimum absolute atomic E-state index is 0.0706. The van der Waals surface area contributed by atoms with Gasteiger partial charge in [0.15, 0.2) is 0 Å². The molecule has 1 N–H and O–H groups in total. The van der Waals surface area contributed by atoms with Crippen LogP contribution in [0.3, 0.4) is 0 Å². The number of hydrogen-bond acceptors (Lipinski definition) is 3. The number of amides is 2. The maximum atomic E-state index is 12.8. The van der Waals surface area contributed by atoms with E-state index >= 15 is 0 Å². The van der Waals surface area contributed by atoms with Crippen LogP contribution in [-0.4, -0.2) is 29.8 Å². The SMILES string of the molecule is CC(=O)N1C=Cc2ccccc2C1CC(=O)Nc1ccc(N2CCC(C)CC2)cc1. The molecule has 2 aromatic carbocycles. The van der Waals surface area contributed by atoms with E-state index in [-0.39, 0.29) is 24.3 Å². The van der Waals surface area contributed by atoms with Crippen molar-refractivity contribution in [3.8, 4) is 0 Å². The van der Waals surface area contributed by atoms with Gasteiger partial charge in [-0.05, 0) is 60.2 Å². The van der Waals surface area contributed by atoms with Crippen molar-refractivity contribution < 1.29 is 9.59 Å². The first kappa shape index (κ1) is 20.2. The molecule has 0 saturated carbocycles. The predicted molar refractivity (Wildman–Crippen MR) is 121 cm³/mol. The molecule has 2 aliphatic rings. The Morgan fingerprint density at radius 2 is 1.73 bits per heavy atom. The highest BCUT2D eigenvalue weighted by molar-refractivity contribution is 5.92. The number of rotatable bonds is 4. The van der Waals surface area contributed by atoms with Crippen molar-refractivity contribution in [2.24, 2.45) is 5.92 Å². The van der Waals surface area contributed by atoms with Crippen LogP contribution in [-0.2, 0) is 9.59 Å². The summed E-state index contributed by atoms with van der Waals surface area (Å²) in [5.41, 5.74) is 4.03. The Morgan fingerprint density at radius 3 is 2.43 bits per heavy atom. The molecule has 5 nitrogen and oxygen atoms in total. The largest absolute Gasteiger partial charge is 0.372 e. The highest BCUT2D eigenvalue weighted by atomic mass is 16.2. The second-order valence-corrected chi connectivity index (χ2v) is 8.36. The number of piperidine rings is 1. The third-order valence-corrected chi connectivity index (χ3v) is 6.15. The van der Waals surface area contributed by atoms with Gasteiger partial charge in [0.1, 0.15) is 0 Å². The van der Waals surface area contributed by atoms with E-state index in [0.717, 1.165) is 35.8 Å². The van der Waals surface area contributed by atoms with Crippen LogP contribution in [0.15, 0.2) is 54.7 Å². The van der Waals surface area contributed by atoms with Gasteiger partial charge in [0.05, 0.1) is 12.5 Å². The van der Waals surface area contributed by atoms with Crippen LogP contribution >= 0.6 is 0 Å². The van der Waals surface area contributed by atoms with Crippen molar-refractivity contribution in [3.05, 3.63) is 65.9 Å². The lowest BCUT2D eigenvalue weighted by Gasteiger charge is -2.32. The second-order valence-electron chi connectivity index (χ2n) is 8.36. The minimum atomic E-state index is -0.293. The summed E-state index contributed by atoms with van der Waals surface area (Å²) >= 11 is 0. The van der Waals surface area contributed by atoms with Crippen molar-refractivity contribution in [2.75, 3.05) is 23.3 Å². The molecule has 2 aromatic rings. The molecule has 30 heavy (non-hydrogen) atoms. The highest BCUT2D eigenvalue weighted by Crippen LogP contribution is 2.33. The summed E-state index contributed by atoms with van der Waals surface area (Å²) < 4.78 is 0. The molecule has 0 radical (unpaired) electrons. The normalized spacial score (nSPS) is 18.8. The Hall–Kier alpha value is -3.08. The van der Waals surface area contributed by atoms with Crippen LogP contribution in [0, 0.1) is 5.92 Å². The molecule has 1 unspecified atom stereocenters. The van der Waals surface area contributed by atoms with E-state index in [1.54, 1.807) is 11.1 Å². The molecule has 0 aliphatic carbocycles. The number of nitrogens with one attached hydrogen (secondary N) is 1. The quantitative estimate of drug-likeness (QED) is 0.796. The van der Waals surface area contributed by atoms with Gasteiger partial charge in [0.2, 0.25) is 11.8 Å². The number of carbonyl (C=O) groups is 2. The van der Waals surface area contributed by atoms with Gasteiger partial charge in [-0.2, -0.15) is 0 Å². The fraction of sp³-hybridized carbons (Fsp3) is 0.360. The molecule has 1 atom stereocenters. The Balaban J connectivity index is 1.42. The van der Waals surface area contributed by atoms with Crippen molar-refractivity contribution >= 4 is 29.3 Å². The zero-order valence-electron chi connectivity index (χ0n) is 17.7. The Bertz CT molecular complexity index is 943. The molecule has 4 rings (SSSR count). The van der Waals surface area contributed by atoms with Gasteiger partial charge < -0.3 is 15.1 Å². The van der Waals surface area contributed by atoms with E-state index in [4.69, 9.17) is 0 Å². The molecule has 2 amide bonds. The zero-order chi connectivity index (χ0) is 21.1. The topological polar surface area (TPSA) is 52.7 Å². The third-order valence-electron chi connectivity index (χ3n) is 6.15. The molecule has 2 heterocycles. The summed E-state index contributed by atoms with van der Waals surface area (Å²) in [4.78, 5) is 28.9. The molecule has 5 heteroatoms. The second kappa shape index (κ2) is 8.74. The summed E-state index contributed by atoms with van der Waals surface area (Å²) in [5, 5.41) is 3.00. The number of hydrogen-bond donors (Lipinski definition) is 1. The van der Waals surface area contributed by atoms with Crippen molar-refractivity contribution in [3.63, 3.8) is 0 Å².